The molecule has 0 aromatic heterocycles. The predicted molar refractivity (Wildman–Crippen MR) is 111 cm³/mol. The highest BCUT2D eigenvalue weighted by Crippen LogP contribution is 2.39. The van der Waals surface area contributed by atoms with Crippen LogP contribution in [0, 0.1) is 0 Å². The van der Waals surface area contributed by atoms with Gasteiger partial charge in [0.2, 0.25) is 5.91 Å². The molecule has 6 heteroatoms. The Bertz CT molecular complexity index is 784. The number of rotatable bonds is 6. The molecule has 1 amide bonds. The Kier molecular flexibility index (Phi) is 6.48. The third-order valence-corrected chi connectivity index (χ3v) is 6.34. The minimum atomic E-state index is 0.0172. The molecule has 0 spiro atoms. The standard InChI is InChI=1S/C20H23BrN2O2S/c1-3-16-12-23(17-6-4-5-7-19(17)26-16)13-20(24)22-11-14-10-15(21)8-9-18(14)25-2/h4-10,16H,3,11-13H2,1-2H3,(H,22,24). The Labute approximate surface area is 167 Å². The lowest BCUT2D eigenvalue weighted by atomic mass is 10.2. The second-order valence-corrected chi connectivity index (χ2v) is 8.49. The molecule has 0 bridgehead atoms. The molecule has 1 heterocycles. The molecule has 0 saturated carbocycles. The topological polar surface area (TPSA) is 41.6 Å². The molecule has 2 aromatic carbocycles. The highest BCUT2D eigenvalue weighted by atomic mass is 79.9. The number of nitrogens with zero attached hydrogens (tertiary/aromatic N) is 1. The summed E-state index contributed by atoms with van der Waals surface area (Å²) in [6.07, 6.45) is 1.09. The van der Waals surface area contributed by atoms with Crippen molar-refractivity contribution in [3.8, 4) is 5.75 Å². The van der Waals surface area contributed by atoms with E-state index < -0.39 is 0 Å². The van der Waals surface area contributed by atoms with Crippen molar-refractivity contribution in [2.24, 2.45) is 0 Å². The smallest absolute Gasteiger partial charge is 0.239 e. The summed E-state index contributed by atoms with van der Waals surface area (Å²) in [5, 5.41) is 3.54. The molecular formula is C20H23BrN2O2S. The third kappa shape index (κ3) is 4.54. The van der Waals surface area contributed by atoms with Crippen molar-refractivity contribution in [1.82, 2.24) is 5.32 Å². The number of thioether (sulfide) groups is 1. The predicted octanol–water partition coefficient (Wildman–Crippen LogP) is 4.46. The number of para-hydroxylation sites is 1. The fourth-order valence-corrected chi connectivity index (χ4v) is 4.71. The van der Waals surface area contributed by atoms with E-state index in [1.165, 1.54) is 4.90 Å². The van der Waals surface area contributed by atoms with Gasteiger partial charge in [-0.3, -0.25) is 4.79 Å². The van der Waals surface area contributed by atoms with Crippen LogP contribution in [0.15, 0.2) is 51.8 Å². The number of ether oxygens (including phenoxy) is 1. The number of methoxy groups -OCH3 is 1. The molecule has 1 atom stereocenters. The van der Waals surface area contributed by atoms with E-state index in [1.807, 2.05) is 36.0 Å². The Morgan fingerprint density at radius 2 is 2.15 bits per heavy atom. The summed E-state index contributed by atoms with van der Waals surface area (Å²) in [7, 11) is 1.64. The molecule has 1 N–H and O–H groups in total. The number of halogens is 1. The molecule has 0 saturated heterocycles. The number of anilines is 1. The first kappa shape index (κ1) is 19.1. The highest BCUT2D eigenvalue weighted by molar-refractivity contribution is 9.10. The fourth-order valence-electron chi connectivity index (χ4n) is 3.05. The molecule has 1 aliphatic heterocycles. The van der Waals surface area contributed by atoms with E-state index in [1.54, 1.807) is 7.11 Å². The SMILES string of the molecule is CCC1CN(CC(=O)NCc2cc(Br)ccc2OC)c2ccccc2S1. The van der Waals surface area contributed by atoms with Crippen molar-refractivity contribution in [1.29, 1.82) is 0 Å². The van der Waals surface area contributed by atoms with Crippen LogP contribution in [0.1, 0.15) is 18.9 Å². The molecule has 0 radical (unpaired) electrons. The number of nitrogens with one attached hydrogen (secondary N) is 1. The maximum Gasteiger partial charge on any atom is 0.239 e. The van der Waals surface area contributed by atoms with Gasteiger partial charge in [-0.05, 0) is 36.8 Å². The van der Waals surface area contributed by atoms with E-state index in [2.05, 4.69) is 51.3 Å². The Hall–Kier alpha value is -1.66. The quantitative estimate of drug-likeness (QED) is 0.728. The lowest BCUT2D eigenvalue weighted by Crippen LogP contribution is -2.42. The summed E-state index contributed by atoms with van der Waals surface area (Å²) in [6.45, 7) is 3.91. The van der Waals surface area contributed by atoms with Crippen LogP contribution in [0.5, 0.6) is 5.75 Å². The Balaban J connectivity index is 1.66. The van der Waals surface area contributed by atoms with Gasteiger partial charge < -0.3 is 15.0 Å². The number of carbonyl (C=O) groups excluding carboxylic acids is 1. The van der Waals surface area contributed by atoms with E-state index in [0.717, 1.165) is 34.4 Å². The van der Waals surface area contributed by atoms with Gasteiger partial charge in [-0.25, -0.2) is 0 Å². The average molecular weight is 435 g/mol. The maximum atomic E-state index is 12.6. The number of amides is 1. The summed E-state index contributed by atoms with van der Waals surface area (Å²) >= 11 is 5.38. The summed E-state index contributed by atoms with van der Waals surface area (Å²) in [5.74, 6) is 0.794. The van der Waals surface area contributed by atoms with Crippen LogP contribution < -0.4 is 15.0 Å². The van der Waals surface area contributed by atoms with Gasteiger partial charge in [0.15, 0.2) is 0 Å². The molecule has 2 aromatic rings. The van der Waals surface area contributed by atoms with Gasteiger partial charge in [0, 0.05) is 33.3 Å². The number of hydrogen-bond donors (Lipinski definition) is 1. The molecule has 4 nitrogen and oxygen atoms in total. The lowest BCUT2D eigenvalue weighted by Gasteiger charge is -2.34. The summed E-state index contributed by atoms with van der Waals surface area (Å²) < 4.78 is 6.34. The van der Waals surface area contributed by atoms with E-state index >= 15 is 0 Å². The molecule has 26 heavy (non-hydrogen) atoms. The molecule has 1 aliphatic rings. The third-order valence-electron chi connectivity index (χ3n) is 4.43. The molecular weight excluding hydrogens is 412 g/mol. The lowest BCUT2D eigenvalue weighted by molar-refractivity contribution is -0.119. The Morgan fingerprint density at radius 1 is 1.35 bits per heavy atom. The van der Waals surface area contributed by atoms with Gasteiger partial charge in [-0.2, -0.15) is 0 Å². The monoisotopic (exact) mass is 434 g/mol. The molecule has 1 unspecified atom stereocenters. The number of fused-ring (bicyclic) bond motifs is 1. The summed E-state index contributed by atoms with van der Waals surface area (Å²) in [6, 6.07) is 14.1. The van der Waals surface area contributed by atoms with E-state index in [0.29, 0.717) is 18.3 Å². The summed E-state index contributed by atoms with van der Waals surface area (Å²) in [5.41, 5.74) is 2.11. The molecule has 138 valence electrons. The van der Waals surface area contributed by atoms with Gasteiger partial charge in [-0.1, -0.05) is 35.0 Å². The first-order valence-electron chi connectivity index (χ1n) is 8.70. The highest BCUT2D eigenvalue weighted by Gasteiger charge is 2.25. The van der Waals surface area contributed by atoms with Crippen LogP contribution >= 0.6 is 27.7 Å². The van der Waals surface area contributed by atoms with Gasteiger partial charge in [0.05, 0.1) is 19.3 Å². The van der Waals surface area contributed by atoms with Crippen molar-refractivity contribution in [2.75, 3.05) is 25.1 Å². The molecule has 3 rings (SSSR count). The van der Waals surface area contributed by atoms with Crippen LogP contribution in [-0.2, 0) is 11.3 Å². The van der Waals surface area contributed by atoms with Crippen molar-refractivity contribution < 1.29 is 9.53 Å². The van der Waals surface area contributed by atoms with Crippen LogP contribution in [0.25, 0.3) is 0 Å². The maximum absolute atomic E-state index is 12.6. The number of hydrogen-bond acceptors (Lipinski definition) is 4. The average Bonchev–Trinajstić information content (AvgIpc) is 2.66. The Morgan fingerprint density at radius 3 is 2.92 bits per heavy atom. The number of benzene rings is 2. The first-order valence-corrected chi connectivity index (χ1v) is 10.4. The van der Waals surface area contributed by atoms with Crippen molar-refractivity contribution in [2.45, 2.75) is 30.0 Å². The minimum Gasteiger partial charge on any atom is -0.496 e. The van der Waals surface area contributed by atoms with Gasteiger partial charge >= 0.3 is 0 Å². The number of carbonyl (C=O) groups is 1. The van der Waals surface area contributed by atoms with Gasteiger partial charge in [-0.15, -0.1) is 11.8 Å². The molecule has 0 aliphatic carbocycles. The van der Waals surface area contributed by atoms with Gasteiger partial charge in [0.25, 0.3) is 0 Å². The van der Waals surface area contributed by atoms with Crippen molar-refractivity contribution in [3.05, 3.63) is 52.5 Å². The second-order valence-electron chi connectivity index (χ2n) is 6.23. The second kappa shape index (κ2) is 8.82. The van der Waals surface area contributed by atoms with Crippen LogP contribution in [0.2, 0.25) is 0 Å². The largest absolute Gasteiger partial charge is 0.496 e. The van der Waals surface area contributed by atoms with E-state index in [4.69, 9.17) is 4.74 Å². The van der Waals surface area contributed by atoms with Crippen molar-refractivity contribution >= 4 is 39.3 Å². The zero-order valence-corrected chi connectivity index (χ0v) is 17.4. The zero-order valence-electron chi connectivity index (χ0n) is 15.0. The van der Waals surface area contributed by atoms with Gasteiger partial charge in [0.1, 0.15) is 5.75 Å². The van der Waals surface area contributed by atoms with Crippen LogP contribution in [0.4, 0.5) is 5.69 Å². The normalized spacial score (nSPS) is 16.1. The van der Waals surface area contributed by atoms with E-state index in [9.17, 15) is 4.79 Å². The zero-order chi connectivity index (χ0) is 18.5. The van der Waals surface area contributed by atoms with Crippen molar-refractivity contribution in [3.63, 3.8) is 0 Å². The minimum absolute atomic E-state index is 0.0172. The summed E-state index contributed by atoms with van der Waals surface area (Å²) in [4.78, 5) is 16.0. The van der Waals surface area contributed by atoms with Crippen LogP contribution in [-0.4, -0.2) is 31.4 Å². The van der Waals surface area contributed by atoms with E-state index in [-0.39, 0.29) is 5.91 Å². The fraction of sp³-hybridized carbons (Fsp3) is 0.350. The van der Waals surface area contributed by atoms with Crippen LogP contribution in [0.3, 0.4) is 0 Å². The molecule has 0 fully saturated rings. The first-order chi connectivity index (χ1) is 12.6.